The van der Waals surface area contributed by atoms with Gasteiger partial charge in [0, 0.05) is 18.5 Å². The van der Waals surface area contributed by atoms with E-state index in [9.17, 15) is 19.5 Å². The van der Waals surface area contributed by atoms with Crippen LogP contribution in [0.4, 0.5) is 4.79 Å². The van der Waals surface area contributed by atoms with Gasteiger partial charge in [-0.05, 0) is 50.5 Å². The van der Waals surface area contributed by atoms with Crippen molar-refractivity contribution in [2.24, 2.45) is 0 Å². The van der Waals surface area contributed by atoms with E-state index in [0.717, 1.165) is 11.1 Å². The molecule has 0 unspecified atom stereocenters. The van der Waals surface area contributed by atoms with E-state index in [4.69, 9.17) is 4.74 Å². The summed E-state index contributed by atoms with van der Waals surface area (Å²) in [5.41, 5.74) is 1.68. The Balaban J connectivity index is 1.88. The first-order chi connectivity index (χ1) is 14.1. The van der Waals surface area contributed by atoms with Gasteiger partial charge >= 0.3 is 12.1 Å². The van der Waals surface area contributed by atoms with Gasteiger partial charge in [-0.15, -0.1) is 0 Å². The Morgan fingerprint density at radius 3 is 2.20 bits per heavy atom. The average molecular weight is 413 g/mol. The summed E-state index contributed by atoms with van der Waals surface area (Å²) in [6.45, 7) is 5.68. The lowest BCUT2D eigenvalue weighted by Crippen LogP contribution is -2.32. The largest absolute Gasteiger partial charge is 0.507 e. The molecule has 7 heteroatoms. The van der Waals surface area contributed by atoms with Crippen LogP contribution in [0.25, 0.3) is 0 Å². The van der Waals surface area contributed by atoms with Crippen molar-refractivity contribution in [3.8, 4) is 5.75 Å². The molecule has 0 aliphatic rings. The molecular weight excluding hydrogens is 386 g/mol. The van der Waals surface area contributed by atoms with Crippen LogP contribution in [-0.2, 0) is 22.4 Å². The number of carbonyl (C=O) groups is 3. The second-order valence-corrected chi connectivity index (χ2v) is 7.82. The number of nitrogens with one attached hydrogen (secondary N) is 1. The third-order valence-corrected chi connectivity index (χ3v) is 4.22. The van der Waals surface area contributed by atoms with Crippen LogP contribution in [0, 0.1) is 0 Å². The van der Waals surface area contributed by atoms with Crippen molar-refractivity contribution < 1.29 is 29.0 Å². The molecule has 0 aromatic heterocycles. The summed E-state index contributed by atoms with van der Waals surface area (Å²) >= 11 is 0. The van der Waals surface area contributed by atoms with E-state index < -0.39 is 17.7 Å². The zero-order valence-corrected chi connectivity index (χ0v) is 17.7. The van der Waals surface area contributed by atoms with E-state index in [1.807, 2.05) is 0 Å². The third kappa shape index (κ3) is 6.92. The molecule has 7 nitrogen and oxygen atoms in total. The number of hydrogen-bond acceptors (Lipinski definition) is 6. The molecule has 1 amide bonds. The Kier molecular flexibility index (Phi) is 7.58. The van der Waals surface area contributed by atoms with Crippen LogP contribution in [-0.4, -0.2) is 35.7 Å². The molecule has 0 radical (unpaired) electrons. The zero-order chi connectivity index (χ0) is 22.3. The Bertz CT molecular complexity index is 912. The lowest BCUT2D eigenvalue weighted by atomic mass is 10.0. The molecule has 0 saturated carbocycles. The maximum Gasteiger partial charge on any atom is 0.407 e. The number of Topliss-reactive ketones (excluding diaryl/α,β-unsaturated/α-hetero) is 1. The Morgan fingerprint density at radius 2 is 1.63 bits per heavy atom. The summed E-state index contributed by atoms with van der Waals surface area (Å²) in [7, 11) is 1.24. The second kappa shape index (κ2) is 9.91. The molecule has 0 heterocycles. The van der Waals surface area contributed by atoms with Crippen molar-refractivity contribution in [3.05, 3.63) is 64.7 Å². The summed E-state index contributed by atoms with van der Waals surface area (Å²) in [6.07, 6.45) is 0.187. The van der Waals surface area contributed by atoms with Gasteiger partial charge in [-0.25, -0.2) is 9.59 Å². The fraction of sp³-hybridized carbons (Fsp3) is 0.348. The van der Waals surface area contributed by atoms with Crippen LogP contribution in [0.15, 0.2) is 42.5 Å². The standard InChI is InChI=1S/C23H27NO6/c1-23(2,3)30-22(28)24-14-16-5-9-17(10-6-16)19(25)12-8-15-7-11-18(20(26)13-15)21(27)29-4/h5-7,9-11,13,26H,8,12,14H2,1-4H3,(H,24,28). The van der Waals surface area contributed by atoms with Gasteiger partial charge in [0.15, 0.2) is 5.78 Å². The number of alkyl carbamates (subject to hydrolysis) is 1. The minimum absolute atomic E-state index is 0.0433. The highest BCUT2D eigenvalue weighted by Gasteiger charge is 2.16. The minimum Gasteiger partial charge on any atom is -0.507 e. The molecule has 0 atom stereocenters. The number of ether oxygens (including phenoxy) is 2. The highest BCUT2D eigenvalue weighted by molar-refractivity contribution is 5.96. The van der Waals surface area contributed by atoms with E-state index in [1.54, 1.807) is 51.1 Å². The van der Waals surface area contributed by atoms with Gasteiger partial charge in [0.1, 0.15) is 16.9 Å². The van der Waals surface area contributed by atoms with Gasteiger partial charge in [0.05, 0.1) is 7.11 Å². The van der Waals surface area contributed by atoms with Gasteiger partial charge in [0.25, 0.3) is 0 Å². The van der Waals surface area contributed by atoms with Gasteiger partial charge in [-0.3, -0.25) is 4.79 Å². The van der Waals surface area contributed by atoms with Gasteiger partial charge in [-0.2, -0.15) is 0 Å². The second-order valence-electron chi connectivity index (χ2n) is 7.82. The number of benzene rings is 2. The van der Waals surface area contributed by atoms with Gasteiger partial charge in [-0.1, -0.05) is 30.3 Å². The first kappa shape index (κ1) is 22.9. The first-order valence-corrected chi connectivity index (χ1v) is 9.58. The number of rotatable bonds is 7. The number of hydrogen-bond donors (Lipinski definition) is 2. The van der Waals surface area contributed by atoms with Crippen molar-refractivity contribution in [3.63, 3.8) is 0 Å². The fourth-order valence-electron chi connectivity index (χ4n) is 2.71. The van der Waals surface area contributed by atoms with Crippen LogP contribution in [0.3, 0.4) is 0 Å². The fourth-order valence-corrected chi connectivity index (χ4v) is 2.71. The Morgan fingerprint density at radius 1 is 1.00 bits per heavy atom. The first-order valence-electron chi connectivity index (χ1n) is 9.58. The van der Waals surface area contributed by atoms with Crippen LogP contribution in [0.2, 0.25) is 0 Å². The molecule has 0 aliphatic carbocycles. The normalized spacial score (nSPS) is 10.9. The molecule has 160 valence electrons. The van der Waals surface area contributed by atoms with E-state index in [-0.39, 0.29) is 23.5 Å². The van der Waals surface area contributed by atoms with E-state index in [1.165, 1.54) is 19.2 Å². The minimum atomic E-state index is -0.614. The van der Waals surface area contributed by atoms with Crippen molar-refractivity contribution in [1.82, 2.24) is 5.32 Å². The molecule has 0 bridgehead atoms. The number of carbonyl (C=O) groups excluding carboxylic acids is 3. The average Bonchev–Trinajstić information content (AvgIpc) is 2.69. The molecule has 0 fully saturated rings. The van der Waals surface area contributed by atoms with Crippen molar-refractivity contribution in [2.75, 3.05) is 7.11 Å². The Hall–Kier alpha value is -3.35. The molecule has 0 saturated heterocycles. The van der Waals surface area contributed by atoms with E-state index in [2.05, 4.69) is 10.1 Å². The van der Waals surface area contributed by atoms with Crippen LogP contribution < -0.4 is 5.32 Å². The lowest BCUT2D eigenvalue weighted by molar-refractivity contribution is 0.0522. The van der Waals surface area contributed by atoms with E-state index >= 15 is 0 Å². The number of phenols is 1. The van der Waals surface area contributed by atoms with Crippen molar-refractivity contribution in [2.45, 2.75) is 45.8 Å². The predicted octanol–water partition coefficient (Wildman–Crippen LogP) is 4.02. The van der Waals surface area contributed by atoms with Crippen molar-refractivity contribution in [1.29, 1.82) is 0 Å². The van der Waals surface area contributed by atoms with Crippen LogP contribution >= 0.6 is 0 Å². The highest BCUT2D eigenvalue weighted by atomic mass is 16.6. The molecule has 2 rings (SSSR count). The number of methoxy groups -OCH3 is 1. The quantitative estimate of drug-likeness (QED) is 0.525. The number of esters is 1. The molecule has 2 aromatic rings. The van der Waals surface area contributed by atoms with Crippen molar-refractivity contribution >= 4 is 17.8 Å². The Labute approximate surface area is 176 Å². The number of aromatic hydroxyl groups is 1. The number of phenolic OH excluding ortho intramolecular Hbond substituents is 1. The van der Waals surface area contributed by atoms with Crippen LogP contribution in [0.1, 0.15) is 59.0 Å². The summed E-state index contributed by atoms with van der Waals surface area (Å²) in [4.78, 5) is 35.6. The maximum atomic E-state index is 12.4. The lowest BCUT2D eigenvalue weighted by Gasteiger charge is -2.19. The number of amides is 1. The van der Waals surface area contributed by atoms with Crippen LogP contribution in [0.5, 0.6) is 5.75 Å². The highest BCUT2D eigenvalue weighted by Crippen LogP contribution is 2.21. The summed E-state index contributed by atoms with van der Waals surface area (Å²) in [6, 6.07) is 11.6. The molecule has 30 heavy (non-hydrogen) atoms. The molecule has 0 aliphatic heterocycles. The smallest absolute Gasteiger partial charge is 0.407 e. The van der Waals surface area contributed by atoms with Gasteiger partial charge in [0.2, 0.25) is 0 Å². The summed E-state index contributed by atoms with van der Waals surface area (Å²) in [5.74, 6) is -0.830. The summed E-state index contributed by atoms with van der Waals surface area (Å²) in [5, 5.41) is 12.6. The topological polar surface area (TPSA) is 102 Å². The maximum absolute atomic E-state index is 12.4. The molecule has 0 spiro atoms. The predicted molar refractivity (Wildman–Crippen MR) is 112 cm³/mol. The SMILES string of the molecule is COC(=O)c1ccc(CCC(=O)c2ccc(CNC(=O)OC(C)(C)C)cc2)cc1O. The molecule has 2 N–H and O–H groups in total. The summed E-state index contributed by atoms with van der Waals surface area (Å²) < 4.78 is 9.77. The monoisotopic (exact) mass is 413 g/mol. The number of ketones is 1. The molecule has 2 aromatic carbocycles. The number of aryl methyl sites for hydroxylation is 1. The van der Waals surface area contributed by atoms with E-state index in [0.29, 0.717) is 18.5 Å². The molecular formula is C23H27NO6. The third-order valence-electron chi connectivity index (χ3n) is 4.22. The van der Waals surface area contributed by atoms with Gasteiger partial charge < -0.3 is 19.9 Å². The zero-order valence-electron chi connectivity index (χ0n) is 17.7.